The Balaban J connectivity index is 1.88. The van der Waals surface area contributed by atoms with Crippen molar-refractivity contribution in [3.63, 3.8) is 0 Å². The van der Waals surface area contributed by atoms with E-state index in [9.17, 15) is 4.39 Å². The van der Waals surface area contributed by atoms with Gasteiger partial charge in [0.05, 0.1) is 4.34 Å². The molecule has 94 valence electrons. The molecule has 4 heteroatoms. The molecule has 2 heterocycles. The molecule has 0 bridgehead atoms. The lowest BCUT2D eigenvalue weighted by Gasteiger charge is -2.43. The topological polar surface area (TPSA) is 12.0 Å². The molecule has 0 unspecified atom stereocenters. The summed E-state index contributed by atoms with van der Waals surface area (Å²) in [6.45, 7) is 1.88. The van der Waals surface area contributed by atoms with E-state index in [0.717, 1.165) is 23.8 Å². The highest BCUT2D eigenvalue weighted by molar-refractivity contribution is 7.16. The lowest BCUT2D eigenvalue weighted by Crippen LogP contribution is -2.58. The van der Waals surface area contributed by atoms with E-state index in [2.05, 4.69) is 11.4 Å². The third kappa shape index (κ3) is 2.18. The van der Waals surface area contributed by atoms with Gasteiger partial charge in [-0.25, -0.2) is 4.39 Å². The average molecular weight is 282 g/mol. The van der Waals surface area contributed by atoms with Crippen molar-refractivity contribution in [2.45, 2.75) is 11.8 Å². The zero-order chi connectivity index (χ0) is 12.6. The number of hydrogen-bond donors (Lipinski definition) is 1. The van der Waals surface area contributed by atoms with Gasteiger partial charge in [-0.3, -0.25) is 0 Å². The molecular weight excluding hydrogens is 269 g/mol. The molecule has 1 N–H and O–H groups in total. The van der Waals surface area contributed by atoms with E-state index >= 15 is 0 Å². The lowest BCUT2D eigenvalue weighted by atomic mass is 9.72. The van der Waals surface area contributed by atoms with Gasteiger partial charge in [0, 0.05) is 23.4 Å². The second kappa shape index (κ2) is 4.65. The summed E-state index contributed by atoms with van der Waals surface area (Å²) >= 11 is 7.60. The van der Waals surface area contributed by atoms with Crippen molar-refractivity contribution in [3.8, 4) is 0 Å². The van der Waals surface area contributed by atoms with Gasteiger partial charge in [0.1, 0.15) is 5.82 Å². The van der Waals surface area contributed by atoms with E-state index in [1.807, 2.05) is 18.2 Å². The van der Waals surface area contributed by atoms with E-state index in [1.165, 1.54) is 22.6 Å². The molecule has 3 rings (SSSR count). The Kier molecular flexibility index (Phi) is 3.14. The van der Waals surface area contributed by atoms with Crippen molar-refractivity contribution in [2.75, 3.05) is 13.1 Å². The second-order valence-electron chi connectivity index (χ2n) is 4.77. The minimum Gasteiger partial charge on any atom is -0.315 e. The first-order valence-corrected chi connectivity index (χ1v) is 7.08. The molecule has 1 aliphatic rings. The molecule has 1 saturated heterocycles. The van der Waals surface area contributed by atoms with Gasteiger partial charge in [0.25, 0.3) is 0 Å². The number of halogens is 2. The predicted molar refractivity (Wildman–Crippen MR) is 74.0 cm³/mol. The summed E-state index contributed by atoms with van der Waals surface area (Å²) in [5.74, 6) is -0.180. The van der Waals surface area contributed by atoms with Crippen molar-refractivity contribution < 1.29 is 4.39 Å². The summed E-state index contributed by atoms with van der Waals surface area (Å²) in [6.07, 6.45) is 0.961. The molecule has 0 saturated carbocycles. The largest absolute Gasteiger partial charge is 0.315 e. The van der Waals surface area contributed by atoms with Crippen LogP contribution < -0.4 is 5.32 Å². The molecule has 0 aliphatic carbocycles. The number of thiophene rings is 1. The Labute approximate surface area is 115 Å². The Morgan fingerprint density at radius 1 is 1.17 bits per heavy atom. The van der Waals surface area contributed by atoms with Crippen molar-refractivity contribution in [3.05, 3.63) is 57.0 Å². The van der Waals surface area contributed by atoms with Crippen LogP contribution in [-0.2, 0) is 11.8 Å². The lowest BCUT2D eigenvalue weighted by molar-refractivity contribution is 0.276. The zero-order valence-electron chi connectivity index (χ0n) is 9.75. The standard InChI is InChI=1S/C14H13ClFNS/c15-13-6-5-12(18-13)7-14(8-17-9-14)10-1-3-11(16)4-2-10/h1-6,17H,7-9H2. The highest BCUT2D eigenvalue weighted by Gasteiger charge is 2.38. The maximum atomic E-state index is 13.0. The molecule has 0 atom stereocenters. The van der Waals surface area contributed by atoms with Gasteiger partial charge in [-0.2, -0.15) is 0 Å². The Hall–Kier alpha value is -0.900. The van der Waals surface area contributed by atoms with Crippen LogP contribution in [0.3, 0.4) is 0 Å². The fraction of sp³-hybridized carbons (Fsp3) is 0.286. The van der Waals surface area contributed by atoms with Crippen LogP contribution in [0.1, 0.15) is 10.4 Å². The number of hydrogen-bond acceptors (Lipinski definition) is 2. The molecule has 0 radical (unpaired) electrons. The van der Waals surface area contributed by atoms with Crippen molar-refractivity contribution in [2.24, 2.45) is 0 Å². The Morgan fingerprint density at radius 2 is 1.89 bits per heavy atom. The minimum atomic E-state index is -0.180. The highest BCUT2D eigenvalue weighted by atomic mass is 35.5. The molecule has 1 fully saturated rings. The van der Waals surface area contributed by atoms with Gasteiger partial charge < -0.3 is 5.32 Å². The molecule has 0 amide bonds. The number of rotatable bonds is 3. The molecule has 1 aromatic heterocycles. The van der Waals surface area contributed by atoms with Crippen LogP contribution >= 0.6 is 22.9 Å². The minimum absolute atomic E-state index is 0.0991. The number of benzene rings is 1. The average Bonchev–Trinajstić information content (AvgIpc) is 2.71. The molecule has 1 aliphatic heterocycles. The third-order valence-corrected chi connectivity index (χ3v) is 4.76. The van der Waals surface area contributed by atoms with Crippen LogP contribution in [0.15, 0.2) is 36.4 Å². The maximum Gasteiger partial charge on any atom is 0.123 e. The summed E-state index contributed by atoms with van der Waals surface area (Å²) < 4.78 is 13.8. The van der Waals surface area contributed by atoms with Gasteiger partial charge in [0.2, 0.25) is 0 Å². The van der Waals surface area contributed by atoms with Gasteiger partial charge in [0.15, 0.2) is 0 Å². The zero-order valence-corrected chi connectivity index (χ0v) is 11.3. The Bertz CT molecular complexity index is 545. The van der Waals surface area contributed by atoms with E-state index in [4.69, 9.17) is 11.6 Å². The maximum absolute atomic E-state index is 13.0. The summed E-state index contributed by atoms with van der Waals surface area (Å²) in [5.41, 5.74) is 1.30. The van der Waals surface area contributed by atoms with Gasteiger partial charge in [-0.15, -0.1) is 11.3 Å². The van der Waals surface area contributed by atoms with E-state index in [-0.39, 0.29) is 11.2 Å². The van der Waals surface area contributed by atoms with Crippen molar-refractivity contribution >= 4 is 22.9 Å². The third-order valence-electron chi connectivity index (χ3n) is 3.52. The summed E-state index contributed by atoms with van der Waals surface area (Å²) in [5, 5.41) is 3.32. The van der Waals surface area contributed by atoms with E-state index in [1.54, 1.807) is 11.3 Å². The smallest absolute Gasteiger partial charge is 0.123 e. The molecule has 18 heavy (non-hydrogen) atoms. The van der Waals surface area contributed by atoms with Crippen molar-refractivity contribution in [1.29, 1.82) is 0 Å². The Morgan fingerprint density at radius 3 is 2.39 bits per heavy atom. The molecule has 1 aromatic carbocycles. The normalized spacial score (nSPS) is 17.4. The van der Waals surface area contributed by atoms with E-state index in [0.29, 0.717) is 0 Å². The van der Waals surface area contributed by atoms with Gasteiger partial charge in [-0.1, -0.05) is 23.7 Å². The van der Waals surface area contributed by atoms with Crippen LogP contribution in [0.25, 0.3) is 0 Å². The summed E-state index contributed by atoms with van der Waals surface area (Å²) in [4.78, 5) is 1.28. The predicted octanol–water partition coefficient (Wildman–Crippen LogP) is 3.62. The number of nitrogens with one attached hydrogen (secondary N) is 1. The van der Waals surface area contributed by atoms with Crippen LogP contribution in [0.4, 0.5) is 4.39 Å². The van der Waals surface area contributed by atoms with Crippen LogP contribution in [0, 0.1) is 5.82 Å². The first-order chi connectivity index (χ1) is 8.68. The first kappa shape index (κ1) is 12.2. The van der Waals surface area contributed by atoms with Crippen molar-refractivity contribution in [1.82, 2.24) is 5.32 Å². The summed E-state index contributed by atoms with van der Waals surface area (Å²) in [7, 11) is 0. The SMILES string of the molecule is Fc1ccc(C2(Cc3ccc(Cl)s3)CNC2)cc1. The fourth-order valence-corrected chi connectivity index (χ4v) is 3.67. The molecular formula is C14H13ClFNS. The summed E-state index contributed by atoms with van der Waals surface area (Å²) in [6, 6.07) is 10.9. The monoisotopic (exact) mass is 281 g/mol. The van der Waals surface area contributed by atoms with Gasteiger partial charge in [-0.05, 0) is 36.2 Å². The highest BCUT2D eigenvalue weighted by Crippen LogP contribution is 2.35. The van der Waals surface area contributed by atoms with Crippen LogP contribution in [0.5, 0.6) is 0 Å². The van der Waals surface area contributed by atoms with Gasteiger partial charge >= 0.3 is 0 Å². The molecule has 2 aromatic rings. The van der Waals surface area contributed by atoms with Crippen LogP contribution in [0.2, 0.25) is 4.34 Å². The van der Waals surface area contributed by atoms with Crippen LogP contribution in [-0.4, -0.2) is 13.1 Å². The fourth-order valence-electron chi connectivity index (χ4n) is 2.44. The molecule has 0 spiro atoms. The molecule has 1 nitrogen and oxygen atoms in total. The second-order valence-corrected chi connectivity index (χ2v) is 6.57. The van der Waals surface area contributed by atoms with E-state index < -0.39 is 0 Å². The first-order valence-electron chi connectivity index (χ1n) is 5.89. The quantitative estimate of drug-likeness (QED) is 0.906.